The van der Waals surface area contributed by atoms with Crippen LogP contribution in [0.2, 0.25) is 0 Å². The van der Waals surface area contributed by atoms with Gasteiger partial charge in [0.25, 0.3) is 0 Å². The van der Waals surface area contributed by atoms with Gasteiger partial charge in [-0.2, -0.15) is 0 Å². The molecule has 0 aliphatic carbocycles. The van der Waals surface area contributed by atoms with Gasteiger partial charge in [-0.15, -0.1) is 0 Å². The van der Waals surface area contributed by atoms with Crippen molar-refractivity contribution in [1.82, 2.24) is 0 Å². The predicted octanol–water partition coefficient (Wildman–Crippen LogP) is 6.06. The first kappa shape index (κ1) is 17.6. The van der Waals surface area contributed by atoms with E-state index in [2.05, 4.69) is 36.4 Å². The Bertz CT molecular complexity index is 1180. The summed E-state index contributed by atoms with van der Waals surface area (Å²) in [5, 5.41) is 4.61. The number of ether oxygens (including phenoxy) is 1. The molecule has 0 radical (unpaired) electrons. The number of ketones is 1. The number of fused-ring (bicyclic) bond motifs is 2. The molecule has 4 aromatic rings. The molecular weight excluding hydrogens is 356 g/mol. The molecule has 1 saturated heterocycles. The molecule has 0 amide bonds. The average Bonchev–Trinajstić information content (AvgIpc) is 2.77. The maximum Gasteiger partial charge on any atom is 0.189 e. The second kappa shape index (κ2) is 7.50. The zero-order valence-electron chi connectivity index (χ0n) is 16.0. The Morgan fingerprint density at radius 1 is 0.586 bits per heavy atom. The molecule has 0 atom stereocenters. The molecule has 1 aliphatic heterocycles. The van der Waals surface area contributed by atoms with Gasteiger partial charge in [0, 0.05) is 11.1 Å². The lowest BCUT2D eigenvalue weighted by Crippen LogP contribution is -2.21. The van der Waals surface area contributed by atoms with Gasteiger partial charge in [0.15, 0.2) is 5.78 Å². The third kappa shape index (κ3) is 3.39. The van der Waals surface area contributed by atoms with Crippen molar-refractivity contribution in [3.63, 3.8) is 0 Å². The van der Waals surface area contributed by atoms with Crippen LogP contribution in [0.25, 0.3) is 33.7 Å². The van der Waals surface area contributed by atoms with Crippen LogP contribution in [0.15, 0.2) is 96.1 Å². The molecule has 0 N–H and O–H groups in total. The van der Waals surface area contributed by atoms with Gasteiger partial charge in [-0.05, 0) is 44.8 Å². The van der Waals surface area contributed by atoms with E-state index in [0.29, 0.717) is 24.4 Å². The second-order valence-corrected chi connectivity index (χ2v) is 7.30. The topological polar surface area (TPSA) is 26.3 Å². The monoisotopic (exact) mass is 376 g/mol. The maximum absolute atomic E-state index is 13.2. The normalized spacial score (nSPS) is 17.4. The van der Waals surface area contributed by atoms with Crippen molar-refractivity contribution in [2.45, 2.75) is 0 Å². The summed E-state index contributed by atoms with van der Waals surface area (Å²) in [6, 6.07) is 28.8. The Hall–Kier alpha value is -3.49. The lowest BCUT2D eigenvalue weighted by Gasteiger charge is -2.18. The molecule has 5 rings (SSSR count). The molecule has 1 heterocycles. The molecule has 2 heteroatoms. The van der Waals surface area contributed by atoms with E-state index >= 15 is 0 Å². The number of rotatable bonds is 2. The Kier molecular flexibility index (Phi) is 4.55. The van der Waals surface area contributed by atoms with E-state index in [1.54, 1.807) is 0 Å². The van der Waals surface area contributed by atoms with E-state index in [9.17, 15) is 4.79 Å². The first-order valence-electron chi connectivity index (χ1n) is 9.79. The van der Waals surface area contributed by atoms with Gasteiger partial charge in [-0.3, -0.25) is 4.79 Å². The van der Waals surface area contributed by atoms with Crippen LogP contribution < -0.4 is 0 Å². The lowest BCUT2D eigenvalue weighted by molar-refractivity contribution is -0.114. The van der Waals surface area contributed by atoms with Crippen molar-refractivity contribution in [2.24, 2.45) is 0 Å². The molecule has 29 heavy (non-hydrogen) atoms. The summed E-state index contributed by atoms with van der Waals surface area (Å²) < 4.78 is 5.78. The Morgan fingerprint density at radius 2 is 1.03 bits per heavy atom. The van der Waals surface area contributed by atoms with Gasteiger partial charge in [-0.1, -0.05) is 84.9 Å². The molecule has 1 aliphatic rings. The van der Waals surface area contributed by atoms with Crippen molar-refractivity contribution in [1.29, 1.82) is 0 Å². The highest BCUT2D eigenvalue weighted by atomic mass is 16.5. The van der Waals surface area contributed by atoms with E-state index in [4.69, 9.17) is 4.74 Å². The van der Waals surface area contributed by atoms with Crippen LogP contribution in [0.3, 0.4) is 0 Å². The second-order valence-electron chi connectivity index (χ2n) is 7.30. The van der Waals surface area contributed by atoms with Crippen LogP contribution >= 0.6 is 0 Å². The van der Waals surface area contributed by atoms with E-state index < -0.39 is 0 Å². The minimum atomic E-state index is 0.0668. The average molecular weight is 376 g/mol. The molecule has 4 aromatic carbocycles. The smallest absolute Gasteiger partial charge is 0.189 e. The van der Waals surface area contributed by atoms with Crippen molar-refractivity contribution in [2.75, 3.05) is 13.2 Å². The fourth-order valence-corrected chi connectivity index (χ4v) is 3.95. The molecule has 140 valence electrons. The summed E-state index contributed by atoms with van der Waals surface area (Å²) in [4.78, 5) is 13.2. The summed E-state index contributed by atoms with van der Waals surface area (Å²) in [5.41, 5.74) is 3.47. The van der Waals surface area contributed by atoms with Gasteiger partial charge in [0.05, 0.1) is 13.2 Å². The number of carbonyl (C=O) groups is 1. The van der Waals surface area contributed by atoms with Gasteiger partial charge in [0.2, 0.25) is 0 Å². The first-order valence-corrected chi connectivity index (χ1v) is 9.79. The van der Waals surface area contributed by atoms with Gasteiger partial charge in [0.1, 0.15) is 0 Å². The zero-order valence-corrected chi connectivity index (χ0v) is 16.0. The minimum Gasteiger partial charge on any atom is -0.372 e. The van der Waals surface area contributed by atoms with Crippen molar-refractivity contribution in [3.8, 4) is 0 Å². The van der Waals surface area contributed by atoms with Gasteiger partial charge < -0.3 is 4.74 Å². The van der Waals surface area contributed by atoms with Crippen LogP contribution in [0.4, 0.5) is 0 Å². The van der Waals surface area contributed by atoms with Gasteiger partial charge >= 0.3 is 0 Å². The minimum absolute atomic E-state index is 0.0668. The number of hydrogen-bond donors (Lipinski definition) is 0. The molecule has 2 nitrogen and oxygen atoms in total. The van der Waals surface area contributed by atoms with Crippen LogP contribution in [-0.4, -0.2) is 19.0 Å². The molecule has 0 unspecified atom stereocenters. The zero-order chi connectivity index (χ0) is 19.6. The standard InChI is InChI=1S/C27H20O2/c28-27-23(15-21-11-5-9-19-7-1-3-13-25(19)21)17-29-18-24(27)16-22-12-6-10-20-8-2-4-14-26(20)22/h1-16H,17-18H2/b23-15-,24-16-. The van der Waals surface area contributed by atoms with Crippen LogP contribution in [-0.2, 0) is 9.53 Å². The van der Waals surface area contributed by atoms with E-state index in [-0.39, 0.29) is 5.78 Å². The summed E-state index contributed by atoms with van der Waals surface area (Å²) >= 11 is 0. The fourth-order valence-electron chi connectivity index (χ4n) is 3.95. The van der Waals surface area contributed by atoms with Crippen LogP contribution in [0, 0.1) is 0 Å². The quantitative estimate of drug-likeness (QED) is 0.398. The molecule has 0 aromatic heterocycles. The number of Topliss-reactive ketones (excluding diaryl/α,β-unsaturated/α-hetero) is 1. The Labute approximate surface area is 169 Å². The van der Waals surface area contributed by atoms with E-state index in [0.717, 1.165) is 32.7 Å². The highest BCUT2D eigenvalue weighted by Crippen LogP contribution is 2.26. The number of benzene rings is 4. The molecule has 1 fully saturated rings. The third-order valence-corrected chi connectivity index (χ3v) is 5.40. The maximum atomic E-state index is 13.2. The number of hydrogen-bond acceptors (Lipinski definition) is 2. The molecule has 0 spiro atoms. The summed E-state index contributed by atoms with van der Waals surface area (Å²) in [6.45, 7) is 0.684. The van der Waals surface area contributed by atoms with E-state index in [1.165, 1.54) is 0 Å². The van der Waals surface area contributed by atoms with Crippen LogP contribution in [0.5, 0.6) is 0 Å². The SMILES string of the molecule is O=C1/C(=C\c2cccc3ccccc23)COC/C1=C/c1cccc2ccccc12. The van der Waals surface area contributed by atoms with E-state index in [1.807, 2.05) is 60.7 Å². The lowest BCUT2D eigenvalue weighted by atomic mass is 9.95. The molecule has 0 bridgehead atoms. The fraction of sp³-hybridized carbons (Fsp3) is 0.0741. The first-order chi connectivity index (χ1) is 14.3. The summed E-state index contributed by atoms with van der Waals surface area (Å²) in [6.07, 6.45) is 3.95. The van der Waals surface area contributed by atoms with Crippen molar-refractivity contribution >= 4 is 39.5 Å². The highest BCUT2D eigenvalue weighted by Gasteiger charge is 2.21. The van der Waals surface area contributed by atoms with Crippen LogP contribution in [0.1, 0.15) is 11.1 Å². The largest absolute Gasteiger partial charge is 0.372 e. The third-order valence-electron chi connectivity index (χ3n) is 5.40. The molecular formula is C27H20O2. The number of carbonyl (C=O) groups excluding carboxylic acids is 1. The Morgan fingerprint density at radius 3 is 1.55 bits per heavy atom. The molecule has 0 saturated carbocycles. The Balaban J connectivity index is 1.55. The summed E-state index contributed by atoms with van der Waals surface area (Å²) in [5.74, 6) is 0.0668. The summed E-state index contributed by atoms with van der Waals surface area (Å²) in [7, 11) is 0. The van der Waals surface area contributed by atoms with Crippen molar-refractivity contribution in [3.05, 3.63) is 107 Å². The predicted molar refractivity (Wildman–Crippen MR) is 120 cm³/mol. The van der Waals surface area contributed by atoms with Gasteiger partial charge in [-0.25, -0.2) is 0 Å². The highest BCUT2D eigenvalue weighted by molar-refractivity contribution is 6.15. The van der Waals surface area contributed by atoms with Crippen molar-refractivity contribution < 1.29 is 9.53 Å².